The van der Waals surface area contributed by atoms with Crippen molar-refractivity contribution >= 4 is 5.69 Å². The molecule has 0 amide bonds. The summed E-state index contributed by atoms with van der Waals surface area (Å²) in [4.78, 5) is 10.3. The number of nitrogens with zero attached hydrogens (tertiary/aromatic N) is 1. The van der Waals surface area contributed by atoms with Crippen molar-refractivity contribution in [3.05, 3.63) is 46.0 Å². The highest BCUT2D eigenvalue weighted by Gasteiger charge is 2.11. The fraction of sp³-hybridized carbons (Fsp3) is 0.385. The molecular weight excluding hydrogens is 232 g/mol. The number of nitrogens with one attached hydrogen (secondary N) is 1. The van der Waals surface area contributed by atoms with E-state index in [-0.39, 0.29) is 5.69 Å². The molecule has 0 saturated carbocycles. The van der Waals surface area contributed by atoms with Crippen molar-refractivity contribution < 1.29 is 9.66 Å². The molecule has 0 saturated heterocycles. The van der Waals surface area contributed by atoms with Gasteiger partial charge >= 0.3 is 0 Å². The second-order valence-corrected chi connectivity index (χ2v) is 4.08. The first-order chi connectivity index (χ1) is 8.54. The summed E-state index contributed by atoms with van der Waals surface area (Å²) in [5.74, 6) is 0.657. The molecule has 0 spiro atoms. The van der Waals surface area contributed by atoms with Crippen molar-refractivity contribution in [2.45, 2.75) is 20.4 Å². The fourth-order valence-corrected chi connectivity index (χ4v) is 1.42. The van der Waals surface area contributed by atoms with E-state index in [2.05, 4.69) is 11.9 Å². The second kappa shape index (κ2) is 6.76. The Kier molecular flexibility index (Phi) is 5.32. The van der Waals surface area contributed by atoms with Gasteiger partial charge in [-0.05, 0) is 25.1 Å². The smallest absolute Gasteiger partial charge is 0.270 e. The van der Waals surface area contributed by atoms with Crippen molar-refractivity contribution in [1.82, 2.24) is 5.32 Å². The van der Waals surface area contributed by atoms with Crippen LogP contribution >= 0.6 is 0 Å². The SMILES string of the molecule is C=C(C)COc1ccc([N+](=O)[O-])cc1CNCC. The summed E-state index contributed by atoms with van der Waals surface area (Å²) in [5, 5.41) is 13.9. The number of rotatable bonds is 7. The first kappa shape index (κ1) is 14.2. The maximum absolute atomic E-state index is 10.7. The molecule has 1 N–H and O–H groups in total. The number of hydrogen-bond acceptors (Lipinski definition) is 4. The molecule has 5 nitrogen and oxygen atoms in total. The number of benzene rings is 1. The Morgan fingerprint density at radius 1 is 1.56 bits per heavy atom. The molecule has 98 valence electrons. The molecule has 1 aromatic carbocycles. The van der Waals surface area contributed by atoms with Gasteiger partial charge in [-0.2, -0.15) is 0 Å². The minimum atomic E-state index is -0.405. The van der Waals surface area contributed by atoms with Crippen LogP contribution in [0.4, 0.5) is 5.69 Å². The van der Waals surface area contributed by atoms with E-state index in [9.17, 15) is 10.1 Å². The Morgan fingerprint density at radius 2 is 2.28 bits per heavy atom. The third kappa shape index (κ3) is 4.18. The summed E-state index contributed by atoms with van der Waals surface area (Å²) in [6.45, 7) is 9.36. The molecule has 1 aromatic rings. The summed E-state index contributed by atoms with van der Waals surface area (Å²) in [6.07, 6.45) is 0. The zero-order chi connectivity index (χ0) is 13.5. The van der Waals surface area contributed by atoms with Crippen LogP contribution in [0.3, 0.4) is 0 Å². The van der Waals surface area contributed by atoms with Gasteiger partial charge in [0.25, 0.3) is 5.69 Å². The molecular formula is C13H18N2O3. The molecule has 18 heavy (non-hydrogen) atoms. The molecule has 0 aromatic heterocycles. The zero-order valence-electron chi connectivity index (χ0n) is 10.7. The van der Waals surface area contributed by atoms with Gasteiger partial charge < -0.3 is 10.1 Å². The summed E-state index contributed by atoms with van der Waals surface area (Å²) >= 11 is 0. The van der Waals surface area contributed by atoms with Crippen LogP contribution in [0.2, 0.25) is 0 Å². The number of nitro groups is 1. The average molecular weight is 250 g/mol. The van der Waals surface area contributed by atoms with Crippen molar-refractivity contribution in [3.63, 3.8) is 0 Å². The van der Waals surface area contributed by atoms with E-state index < -0.39 is 4.92 Å². The third-order valence-corrected chi connectivity index (χ3v) is 2.29. The minimum absolute atomic E-state index is 0.0746. The predicted octanol–water partition coefficient (Wildman–Crippen LogP) is 2.66. The van der Waals surface area contributed by atoms with Crippen molar-refractivity contribution in [2.24, 2.45) is 0 Å². The van der Waals surface area contributed by atoms with Gasteiger partial charge in [-0.15, -0.1) is 0 Å². The fourth-order valence-electron chi connectivity index (χ4n) is 1.42. The van der Waals surface area contributed by atoms with Crippen LogP contribution in [0.15, 0.2) is 30.4 Å². The summed E-state index contributed by atoms with van der Waals surface area (Å²) in [5.41, 5.74) is 1.76. The number of ether oxygens (including phenoxy) is 1. The maximum Gasteiger partial charge on any atom is 0.270 e. The number of hydrogen-bond donors (Lipinski definition) is 1. The molecule has 0 aliphatic heterocycles. The Bertz CT molecular complexity index is 444. The first-order valence-corrected chi connectivity index (χ1v) is 5.79. The van der Waals surface area contributed by atoms with Gasteiger partial charge in [0.15, 0.2) is 0 Å². The summed E-state index contributed by atoms with van der Waals surface area (Å²) in [6, 6.07) is 4.62. The monoisotopic (exact) mass is 250 g/mol. The maximum atomic E-state index is 10.7. The van der Waals surface area contributed by atoms with Gasteiger partial charge in [0.1, 0.15) is 12.4 Å². The van der Waals surface area contributed by atoms with E-state index in [4.69, 9.17) is 4.74 Å². The Balaban J connectivity index is 2.92. The first-order valence-electron chi connectivity index (χ1n) is 5.79. The summed E-state index contributed by atoms with van der Waals surface area (Å²) < 4.78 is 5.57. The number of non-ortho nitro benzene ring substituents is 1. The Labute approximate surface area is 107 Å². The number of nitro benzene ring substituents is 1. The van der Waals surface area contributed by atoms with Crippen molar-refractivity contribution in [1.29, 1.82) is 0 Å². The highest BCUT2D eigenvalue weighted by atomic mass is 16.6. The zero-order valence-corrected chi connectivity index (χ0v) is 10.7. The van der Waals surface area contributed by atoms with Crippen LogP contribution < -0.4 is 10.1 Å². The van der Waals surface area contributed by atoms with E-state index in [0.29, 0.717) is 18.9 Å². The molecule has 0 unspecified atom stereocenters. The molecule has 0 aliphatic rings. The largest absolute Gasteiger partial charge is 0.489 e. The van der Waals surface area contributed by atoms with Crippen LogP contribution in [0.25, 0.3) is 0 Å². The van der Waals surface area contributed by atoms with Crippen LogP contribution in [-0.4, -0.2) is 18.1 Å². The Morgan fingerprint density at radius 3 is 2.83 bits per heavy atom. The van der Waals surface area contributed by atoms with Gasteiger partial charge in [0.2, 0.25) is 0 Å². The van der Waals surface area contributed by atoms with Crippen LogP contribution in [0.1, 0.15) is 19.4 Å². The molecule has 5 heteroatoms. The summed E-state index contributed by atoms with van der Waals surface area (Å²) in [7, 11) is 0. The molecule has 0 bridgehead atoms. The molecule has 0 fully saturated rings. The van der Waals surface area contributed by atoms with Gasteiger partial charge in [-0.25, -0.2) is 0 Å². The lowest BCUT2D eigenvalue weighted by atomic mass is 10.1. The topological polar surface area (TPSA) is 64.4 Å². The van der Waals surface area contributed by atoms with E-state index in [1.807, 2.05) is 13.8 Å². The molecule has 0 aliphatic carbocycles. The van der Waals surface area contributed by atoms with E-state index in [1.165, 1.54) is 12.1 Å². The third-order valence-electron chi connectivity index (χ3n) is 2.29. The molecule has 1 rings (SSSR count). The van der Waals surface area contributed by atoms with Gasteiger partial charge in [-0.3, -0.25) is 10.1 Å². The molecule has 0 radical (unpaired) electrons. The normalized spacial score (nSPS) is 10.1. The van der Waals surface area contributed by atoms with Gasteiger partial charge in [0, 0.05) is 24.2 Å². The van der Waals surface area contributed by atoms with E-state index >= 15 is 0 Å². The lowest BCUT2D eigenvalue weighted by Gasteiger charge is -2.11. The molecule has 0 atom stereocenters. The quantitative estimate of drug-likeness (QED) is 0.459. The van der Waals surface area contributed by atoms with Crippen LogP contribution in [0.5, 0.6) is 5.75 Å². The average Bonchev–Trinajstić information content (AvgIpc) is 2.33. The standard InChI is InChI=1S/C13H18N2O3/c1-4-14-8-11-7-12(15(16)17)5-6-13(11)18-9-10(2)3/h5-7,14H,2,4,8-9H2,1,3H3. The highest BCUT2D eigenvalue weighted by molar-refractivity contribution is 5.43. The molecule has 0 heterocycles. The van der Waals surface area contributed by atoms with Crippen molar-refractivity contribution in [2.75, 3.05) is 13.2 Å². The van der Waals surface area contributed by atoms with E-state index in [0.717, 1.165) is 17.7 Å². The van der Waals surface area contributed by atoms with Gasteiger partial charge in [0.05, 0.1) is 4.92 Å². The lowest BCUT2D eigenvalue weighted by Crippen LogP contribution is -2.13. The lowest BCUT2D eigenvalue weighted by molar-refractivity contribution is -0.384. The predicted molar refractivity (Wildman–Crippen MR) is 70.8 cm³/mol. The highest BCUT2D eigenvalue weighted by Crippen LogP contribution is 2.24. The van der Waals surface area contributed by atoms with Gasteiger partial charge in [-0.1, -0.05) is 13.5 Å². The minimum Gasteiger partial charge on any atom is -0.489 e. The van der Waals surface area contributed by atoms with E-state index in [1.54, 1.807) is 6.07 Å². The van der Waals surface area contributed by atoms with Crippen LogP contribution in [-0.2, 0) is 6.54 Å². The van der Waals surface area contributed by atoms with Crippen molar-refractivity contribution in [3.8, 4) is 5.75 Å². The van der Waals surface area contributed by atoms with Crippen LogP contribution in [0, 0.1) is 10.1 Å². The second-order valence-electron chi connectivity index (χ2n) is 4.08. The Hall–Kier alpha value is -1.88.